The van der Waals surface area contributed by atoms with Crippen molar-refractivity contribution in [3.05, 3.63) is 64.8 Å². The highest BCUT2D eigenvalue weighted by Crippen LogP contribution is 2.27. The fourth-order valence-corrected chi connectivity index (χ4v) is 2.50. The third-order valence-electron chi connectivity index (χ3n) is 3.24. The topological polar surface area (TPSA) is 42.4 Å². The van der Waals surface area contributed by atoms with Crippen LogP contribution in [0.1, 0.15) is 18.6 Å². The van der Waals surface area contributed by atoms with Crippen molar-refractivity contribution in [1.82, 2.24) is 4.98 Å². The average molecular weight is 344 g/mol. The first-order chi connectivity index (χ1) is 10.1. The lowest BCUT2D eigenvalue weighted by molar-refractivity contribution is 0.198. The van der Waals surface area contributed by atoms with Crippen molar-refractivity contribution >= 4 is 26.7 Å². The molecule has 0 bridgehead atoms. The fraction of sp³-hybridized carbons (Fsp3) is 0.118. The van der Waals surface area contributed by atoms with Crippen molar-refractivity contribution in [2.24, 2.45) is 0 Å². The van der Waals surface area contributed by atoms with Gasteiger partial charge in [-0.3, -0.25) is 0 Å². The molecule has 3 rings (SSSR count). The molecule has 0 saturated carbocycles. The molecule has 0 aliphatic heterocycles. The zero-order valence-electron chi connectivity index (χ0n) is 11.5. The molecule has 1 N–H and O–H groups in total. The molecule has 0 fully saturated rings. The van der Waals surface area contributed by atoms with Crippen LogP contribution in [0.2, 0.25) is 0 Å². The highest BCUT2D eigenvalue weighted by atomic mass is 79.9. The molecule has 0 radical (unpaired) electrons. The van der Waals surface area contributed by atoms with Crippen molar-refractivity contribution in [2.45, 2.75) is 13.0 Å². The Labute approximate surface area is 131 Å². The molecule has 21 heavy (non-hydrogen) atoms. The van der Waals surface area contributed by atoms with Crippen LogP contribution in [0, 0.1) is 0 Å². The highest BCUT2D eigenvalue weighted by Gasteiger charge is 2.05. The number of benzene rings is 2. The normalized spacial score (nSPS) is 12.3. The number of fused-ring (bicyclic) bond motifs is 1. The molecule has 0 spiro atoms. The number of hydrogen-bond donors (Lipinski definition) is 1. The van der Waals surface area contributed by atoms with Crippen LogP contribution in [0.4, 0.5) is 0 Å². The van der Waals surface area contributed by atoms with E-state index in [9.17, 15) is 5.11 Å². The van der Waals surface area contributed by atoms with E-state index in [1.54, 1.807) is 25.3 Å². The molecule has 1 aromatic heterocycles. The molecular formula is C17H14BrNO2. The van der Waals surface area contributed by atoms with Crippen LogP contribution >= 0.6 is 15.9 Å². The Morgan fingerprint density at radius 1 is 1.05 bits per heavy atom. The van der Waals surface area contributed by atoms with E-state index < -0.39 is 6.10 Å². The quantitative estimate of drug-likeness (QED) is 0.739. The maximum Gasteiger partial charge on any atom is 0.219 e. The predicted molar refractivity (Wildman–Crippen MR) is 86.6 cm³/mol. The summed E-state index contributed by atoms with van der Waals surface area (Å²) in [7, 11) is 0. The van der Waals surface area contributed by atoms with Gasteiger partial charge in [0.05, 0.1) is 6.10 Å². The minimum absolute atomic E-state index is 0.477. The van der Waals surface area contributed by atoms with Crippen molar-refractivity contribution in [3.8, 4) is 11.6 Å². The number of aliphatic hydroxyl groups excluding tert-OH is 1. The second kappa shape index (κ2) is 5.84. The Hall–Kier alpha value is -1.91. The van der Waals surface area contributed by atoms with E-state index in [0.717, 1.165) is 26.6 Å². The van der Waals surface area contributed by atoms with E-state index in [1.165, 1.54) is 0 Å². The highest BCUT2D eigenvalue weighted by molar-refractivity contribution is 9.10. The summed E-state index contributed by atoms with van der Waals surface area (Å²) in [5.41, 5.74) is 0.782. The average Bonchev–Trinajstić information content (AvgIpc) is 2.48. The Morgan fingerprint density at radius 3 is 2.62 bits per heavy atom. The molecule has 3 aromatic rings. The Bertz CT molecular complexity index is 787. The van der Waals surface area contributed by atoms with Crippen LogP contribution in [0.5, 0.6) is 11.6 Å². The predicted octanol–water partition coefficient (Wildman–Crippen LogP) is 4.84. The molecule has 0 saturated heterocycles. The van der Waals surface area contributed by atoms with Gasteiger partial charge in [0.15, 0.2) is 0 Å². The minimum atomic E-state index is -0.538. The van der Waals surface area contributed by atoms with Gasteiger partial charge in [0.25, 0.3) is 0 Å². The molecule has 4 heteroatoms. The smallest absolute Gasteiger partial charge is 0.219 e. The zero-order valence-corrected chi connectivity index (χ0v) is 13.0. The molecule has 0 aliphatic rings. The van der Waals surface area contributed by atoms with Gasteiger partial charge in [0.1, 0.15) is 5.75 Å². The summed E-state index contributed by atoms with van der Waals surface area (Å²) < 4.78 is 6.82. The lowest BCUT2D eigenvalue weighted by atomic mass is 10.1. The van der Waals surface area contributed by atoms with Gasteiger partial charge < -0.3 is 9.84 Å². The van der Waals surface area contributed by atoms with Crippen molar-refractivity contribution in [3.63, 3.8) is 0 Å². The van der Waals surface area contributed by atoms with Gasteiger partial charge in [-0.2, -0.15) is 0 Å². The van der Waals surface area contributed by atoms with E-state index in [-0.39, 0.29) is 0 Å². The number of ether oxygens (including phenoxy) is 1. The van der Waals surface area contributed by atoms with Gasteiger partial charge in [-0.05, 0) is 53.6 Å². The van der Waals surface area contributed by atoms with Crippen LogP contribution in [-0.4, -0.2) is 10.1 Å². The summed E-state index contributed by atoms with van der Waals surface area (Å²) >= 11 is 3.46. The third kappa shape index (κ3) is 3.23. The summed E-state index contributed by atoms with van der Waals surface area (Å²) in [5.74, 6) is 1.20. The number of hydrogen-bond acceptors (Lipinski definition) is 3. The summed E-state index contributed by atoms with van der Waals surface area (Å²) in [6, 6.07) is 15.5. The molecule has 0 unspecified atom stereocenters. The third-order valence-corrected chi connectivity index (χ3v) is 3.73. The number of pyridine rings is 1. The van der Waals surface area contributed by atoms with Gasteiger partial charge in [-0.1, -0.05) is 28.1 Å². The SMILES string of the molecule is C[C@@H](O)c1ccnc(Oc2ccc3cc(Br)ccc3c2)c1. The zero-order chi connectivity index (χ0) is 14.8. The van der Waals surface area contributed by atoms with Crippen LogP contribution < -0.4 is 4.74 Å². The van der Waals surface area contributed by atoms with E-state index in [4.69, 9.17) is 4.74 Å². The summed E-state index contributed by atoms with van der Waals surface area (Å²) in [6.07, 6.45) is 1.10. The lowest BCUT2D eigenvalue weighted by Gasteiger charge is -2.09. The first-order valence-corrected chi connectivity index (χ1v) is 7.42. The van der Waals surface area contributed by atoms with Crippen LogP contribution in [-0.2, 0) is 0 Å². The molecule has 3 nitrogen and oxygen atoms in total. The summed E-state index contributed by atoms with van der Waals surface area (Å²) in [6.45, 7) is 1.72. The molecule has 1 atom stereocenters. The first kappa shape index (κ1) is 14.0. The number of aliphatic hydroxyl groups is 1. The Kier molecular flexibility index (Phi) is 3.90. The molecule has 0 aliphatic carbocycles. The monoisotopic (exact) mass is 343 g/mol. The standard InChI is InChI=1S/C17H14BrNO2/c1-11(20)12-6-7-19-17(10-12)21-16-5-3-13-8-15(18)4-2-14(13)9-16/h2-11,20H,1H3/t11-/m1/s1. The van der Waals surface area contributed by atoms with Crippen LogP contribution in [0.3, 0.4) is 0 Å². The number of aromatic nitrogens is 1. The molecule has 0 amide bonds. The number of rotatable bonds is 3. The number of nitrogens with zero attached hydrogens (tertiary/aromatic N) is 1. The van der Waals surface area contributed by atoms with Gasteiger partial charge in [-0.25, -0.2) is 4.98 Å². The second-order valence-electron chi connectivity index (χ2n) is 4.86. The maximum absolute atomic E-state index is 9.59. The van der Waals surface area contributed by atoms with E-state index in [1.807, 2.05) is 30.3 Å². The van der Waals surface area contributed by atoms with Gasteiger partial charge >= 0.3 is 0 Å². The van der Waals surface area contributed by atoms with Gasteiger partial charge in [0, 0.05) is 16.7 Å². The molecule has 2 aromatic carbocycles. The summed E-state index contributed by atoms with van der Waals surface area (Å²) in [5, 5.41) is 11.8. The van der Waals surface area contributed by atoms with Crippen LogP contribution in [0.15, 0.2) is 59.2 Å². The lowest BCUT2D eigenvalue weighted by Crippen LogP contribution is -1.94. The Balaban J connectivity index is 1.91. The van der Waals surface area contributed by atoms with Crippen molar-refractivity contribution in [1.29, 1.82) is 0 Å². The molecule has 106 valence electrons. The largest absolute Gasteiger partial charge is 0.439 e. The maximum atomic E-state index is 9.59. The van der Waals surface area contributed by atoms with E-state index in [0.29, 0.717) is 5.88 Å². The van der Waals surface area contributed by atoms with Crippen molar-refractivity contribution in [2.75, 3.05) is 0 Å². The molecule has 1 heterocycles. The fourth-order valence-electron chi connectivity index (χ4n) is 2.12. The van der Waals surface area contributed by atoms with Gasteiger partial charge in [0.2, 0.25) is 5.88 Å². The Morgan fingerprint density at radius 2 is 1.81 bits per heavy atom. The van der Waals surface area contributed by atoms with Gasteiger partial charge in [-0.15, -0.1) is 0 Å². The van der Waals surface area contributed by atoms with E-state index >= 15 is 0 Å². The first-order valence-electron chi connectivity index (χ1n) is 6.63. The second-order valence-corrected chi connectivity index (χ2v) is 5.77. The van der Waals surface area contributed by atoms with Crippen molar-refractivity contribution < 1.29 is 9.84 Å². The van der Waals surface area contributed by atoms with Crippen LogP contribution in [0.25, 0.3) is 10.8 Å². The summed E-state index contributed by atoms with van der Waals surface area (Å²) in [4.78, 5) is 4.17. The molecular weight excluding hydrogens is 330 g/mol. The minimum Gasteiger partial charge on any atom is -0.439 e. The number of halogens is 1. The van der Waals surface area contributed by atoms with E-state index in [2.05, 4.69) is 27.0 Å².